The Morgan fingerprint density at radius 1 is 1.36 bits per heavy atom. The van der Waals surface area contributed by atoms with Crippen LogP contribution in [0, 0.1) is 17.8 Å². The van der Waals surface area contributed by atoms with Crippen molar-refractivity contribution in [2.45, 2.75) is 44.8 Å². The van der Waals surface area contributed by atoms with Crippen molar-refractivity contribution >= 4 is 12.0 Å². The smallest absolute Gasteiger partial charge is 0.317 e. The van der Waals surface area contributed by atoms with Crippen molar-refractivity contribution < 1.29 is 19.4 Å². The van der Waals surface area contributed by atoms with Crippen LogP contribution in [0.5, 0.6) is 0 Å². The Bertz CT molecular complexity index is 501. The molecular formula is C18H31N3O4. The number of ether oxygens (including phenoxy) is 1. The first-order chi connectivity index (χ1) is 11.9. The first kappa shape index (κ1) is 18.5. The molecule has 0 aromatic carbocycles. The van der Waals surface area contributed by atoms with Gasteiger partial charge in [0, 0.05) is 25.7 Å². The molecular weight excluding hydrogens is 322 g/mol. The van der Waals surface area contributed by atoms with E-state index in [1.165, 1.54) is 25.7 Å². The van der Waals surface area contributed by atoms with Crippen molar-refractivity contribution in [2.75, 3.05) is 39.8 Å². The SMILES string of the molecule is CC(NC(=O)N1CCOC(CN(C)CC(=O)O)C1)C1CC2CCC1C2. The first-order valence-electron chi connectivity index (χ1n) is 9.49. The van der Waals surface area contributed by atoms with Gasteiger partial charge in [-0.3, -0.25) is 9.69 Å². The zero-order valence-electron chi connectivity index (χ0n) is 15.3. The van der Waals surface area contributed by atoms with E-state index in [1.807, 2.05) is 4.90 Å². The Morgan fingerprint density at radius 3 is 2.80 bits per heavy atom. The van der Waals surface area contributed by atoms with E-state index in [0.717, 1.165) is 11.8 Å². The summed E-state index contributed by atoms with van der Waals surface area (Å²) in [6, 6.07) is 0.211. The fourth-order valence-electron chi connectivity index (χ4n) is 4.96. The summed E-state index contributed by atoms with van der Waals surface area (Å²) in [5.74, 6) is 1.45. The lowest BCUT2D eigenvalue weighted by atomic mass is 9.84. The fraction of sp³-hybridized carbons (Fsp3) is 0.889. The Morgan fingerprint density at radius 2 is 2.16 bits per heavy atom. The number of amides is 2. The number of carbonyl (C=O) groups is 2. The highest BCUT2D eigenvalue weighted by atomic mass is 16.5. The predicted octanol–water partition coefficient (Wildman–Crippen LogP) is 1.24. The van der Waals surface area contributed by atoms with Crippen LogP contribution in [0.1, 0.15) is 32.6 Å². The van der Waals surface area contributed by atoms with Gasteiger partial charge in [0.15, 0.2) is 0 Å². The molecule has 7 nitrogen and oxygen atoms in total. The largest absolute Gasteiger partial charge is 0.480 e. The molecule has 1 saturated heterocycles. The zero-order chi connectivity index (χ0) is 18.0. The van der Waals surface area contributed by atoms with Crippen LogP contribution in [-0.4, -0.2) is 78.9 Å². The number of carbonyl (C=O) groups excluding carboxylic acids is 1. The molecule has 25 heavy (non-hydrogen) atoms. The van der Waals surface area contributed by atoms with E-state index in [4.69, 9.17) is 9.84 Å². The number of hydrogen-bond donors (Lipinski definition) is 2. The molecule has 0 spiro atoms. The van der Waals surface area contributed by atoms with Gasteiger partial charge in [0.1, 0.15) is 0 Å². The molecule has 2 saturated carbocycles. The quantitative estimate of drug-likeness (QED) is 0.751. The lowest BCUT2D eigenvalue weighted by Crippen LogP contribution is -2.54. The third kappa shape index (κ3) is 4.64. The Balaban J connectivity index is 1.46. The Labute approximate surface area is 149 Å². The average molecular weight is 353 g/mol. The molecule has 2 aliphatic carbocycles. The highest BCUT2D eigenvalue weighted by molar-refractivity contribution is 5.74. The molecule has 1 aliphatic heterocycles. The fourth-order valence-corrected chi connectivity index (χ4v) is 4.96. The number of morpholine rings is 1. The average Bonchev–Trinajstić information content (AvgIpc) is 3.17. The second-order valence-corrected chi connectivity index (χ2v) is 8.11. The molecule has 0 aromatic rings. The van der Waals surface area contributed by atoms with Gasteiger partial charge in [-0.15, -0.1) is 0 Å². The predicted molar refractivity (Wildman–Crippen MR) is 93.4 cm³/mol. The number of nitrogens with one attached hydrogen (secondary N) is 1. The molecule has 5 unspecified atom stereocenters. The molecule has 2 N–H and O–H groups in total. The maximum atomic E-state index is 12.6. The molecule has 2 amide bonds. The van der Waals surface area contributed by atoms with Gasteiger partial charge in [0.05, 0.1) is 19.3 Å². The Hall–Kier alpha value is -1.34. The number of carboxylic acid groups (broad SMARTS) is 1. The minimum Gasteiger partial charge on any atom is -0.480 e. The Kier molecular flexibility index (Phi) is 5.84. The van der Waals surface area contributed by atoms with Crippen molar-refractivity contribution in [1.82, 2.24) is 15.1 Å². The number of aliphatic carboxylic acids is 1. The summed E-state index contributed by atoms with van der Waals surface area (Å²) in [6.07, 6.45) is 5.17. The second kappa shape index (κ2) is 7.91. The minimum absolute atomic E-state index is 0.00976. The van der Waals surface area contributed by atoms with Crippen LogP contribution in [0.2, 0.25) is 0 Å². The van der Waals surface area contributed by atoms with Gasteiger partial charge in [0.25, 0.3) is 0 Å². The highest BCUT2D eigenvalue weighted by Crippen LogP contribution is 2.49. The number of hydrogen-bond acceptors (Lipinski definition) is 4. The molecule has 0 radical (unpaired) electrons. The number of nitrogens with zero attached hydrogens (tertiary/aromatic N) is 2. The first-order valence-corrected chi connectivity index (χ1v) is 9.49. The summed E-state index contributed by atoms with van der Waals surface area (Å²) in [5.41, 5.74) is 0. The van der Waals surface area contributed by atoms with E-state index < -0.39 is 5.97 Å². The van der Waals surface area contributed by atoms with Crippen molar-refractivity contribution in [3.05, 3.63) is 0 Å². The van der Waals surface area contributed by atoms with Gasteiger partial charge in [-0.25, -0.2) is 4.79 Å². The highest BCUT2D eigenvalue weighted by Gasteiger charge is 2.42. The standard InChI is InChI=1S/C18H31N3O4/c1-12(16-8-13-3-4-14(16)7-13)19-18(24)21-5-6-25-15(10-21)9-20(2)11-17(22)23/h12-16H,3-11H2,1-2H3,(H,19,24)(H,22,23). The zero-order valence-corrected chi connectivity index (χ0v) is 15.3. The number of carboxylic acids is 1. The second-order valence-electron chi connectivity index (χ2n) is 8.11. The summed E-state index contributed by atoms with van der Waals surface area (Å²) in [5, 5.41) is 12.1. The molecule has 1 heterocycles. The van der Waals surface area contributed by atoms with Gasteiger partial charge in [0.2, 0.25) is 0 Å². The number of rotatable bonds is 6. The van der Waals surface area contributed by atoms with Crippen molar-refractivity contribution in [2.24, 2.45) is 17.8 Å². The van der Waals surface area contributed by atoms with Crippen LogP contribution in [0.15, 0.2) is 0 Å². The molecule has 2 bridgehead atoms. The maximum Gasteiger partial charge on any atom is 0.317 e. The summed E-state index contributed by atoms with van der Waals surface area (Å²) < 4.78 is 5.70. The van der Waals surface area contributed by atoms with Crippen molar-refractivity contribution in [3.63, 3.8) is 0 Å². The maximum absolute atomic E-state index is 12.6. The van der Waals surface area contributed by atoms with Crippen molar-refractivity contribution in [3.8, 4) is 0 Å². The molecule has 142 valence electrons. The van der Waals surface area contributed by atoms with Crippen LogP contribution in [0.25, 0.3) is 0 Å². The van der Waals surface area contributed by atoms with E-state index in [9.17, 15) is 9.59 Å². The van der Waals surface area contributed by atoms with Crippen LogP contribution < -0.4 is 5.32 Å². The van der Waals surface area contributed by atoms with Gasteiger partial charge < -0.3 is 20.1 Å². The molecule has 3 fully saturated rings. The van der Waals surface area contributed by atoms with Gasteiger partial charge in [-0.05, 0) is 51.0 Å². The molecule has 3 aliphatic rings. The minimum atomic E-state index is -0.854. The molecule has 7 heteroatoms. The summed E-state index contributed by atoms with van der Waals surface area (Å²) in [7, 11) is 1.76. The summed E-state index contributed by atoms with van der Waals surface area (Å²) >= 11 is 0. The number of likely N-dealkylation sites (N-methyl/N-ethyl adjacent to an activating group) is 1. The van der Waals surface area contributed by atoms with E-state index in [-0.39, 0.29) is 24.7 Å². The number of fused-ring (bicyclic) bond motifs is 2. The molecule has 5 atom stereocenters. The van der Waals surface area contributed by atoms with Crippen LogP contribution >= 0.6 is 0 Å². The third-order valence-corrected chi connectivity index (χ3v) is 6.13. The van der Waals surface area contributed by atoms with E-state index >= 15 is 0 Å². The molecule has 0 aromatic heterocycles. The van der Waals surface area contributed by atoms with Crippen LogP contribution in [-0.2, 0) is 9.53 Å². The normalized spacial score (nSPS) is 32.8. The van der Waals surface area contributed by atoms with E-state index in [2.05, 4.69) is 12.2 Å². The van der Waals surface area contributed by atoms with Gasteiger partial charge >= 0.3 is 12.0 Å². The van der Waals surface area contributed by atoms with E-state index in [0.29, 0.717) is 32.2 Å². The molecule has 3 rings (SSSR count). The lowest BCUT2D eigenvalue weighted by molar-refractivity contribution is -0.138. The topological polar surface area (TPSA) is 82.1 Å². The van der Waals surface area contributed by atoms with Gasteiger partial charge in [-0.1, -0.05) is 6.42 Å². The third-order valence-electron chi connectivity index (χ3n) is 6.13. The summed E-state index contributed by atoms with van der Waals surface area (Å²) in [4.78, 5) is 26.9. The summed E-state index contributed by atoms with van der Waals surface area (Å²) in [6.45, 7) is 4.24. The van der Waals surface area contributed by atoms with Crippen molar-refractivity contribution in [1.29, 1.82) is 0 Å². The van der Waals surface area contributed by atoms with E-state index in [1.54, 1.807) is 11.9 Å². The lowest BCUT2D eigenvalue weighted by Gasteiger charge is -2.36. The monoisotopic (exact) mass is 353 g/mol. The van der Waals surface area contributed by atoms with Crippen LogP contribution in [0.3, 0.4) is 0 Å². The van der Waals surface area contributed by atoms with Crippen LogP contribution in [0.4, 0.5) is 4.79 Å². The van der Waals surface area contributed by atoms with Gasteiger partial charge in [-0.2, -0.15) is 0 Å². The number of urea groups is 1.